The molecular formula is C16H16N4OS. The lowest BCUT2D eigenvalue weighted by molar-refractivity contribution is -0.113. The van der Waals surface area contributed by atoms with Crippen molar-refractivity contribution in [2.24, 2.45) is 0 Å². The van der Waals surface area contributed by atoms with Crippen molar-refractivity contribution in [3.63, 3.8) is 0 Å². The van der Waals surface area contributed by atoms with Crippen molar-refractivity contribution in [3.8, 4) is 0 Å². The molecule has 0 radical (unpaired) electrons. The molecule has 5 nitrogen and oxygen atoms in total. The summed E-state index contributed by atoms with van der Waals surface area (Å²) in [6.07, 6.45) is 1.77. The zero-order chi connectivity index (χ0) is 15.5. The van der Waals surface area contributed by atoms with Gasteiger partial charge in [-0.2, -0.15) is 5.10 Å². The van der Waals surface area contributed by atoms with Crippen molar-refractivity contribution >= 4 is 34.3 Å². The Morgan fingerprint density at radius 3 is 2.86 bits per heavy atom. The number of fused-ring (bicyclic) bond motifs is 1. The van der Waals surface area contributed by atoms with Crippen LogP contribution in [-0.4, -0.2) is 26.8 Å². The van der Waals surface area contributed by atoms with Crippen molar-refractivity contribution in [1.29, 1.82) is 0 Å². The van der Waals surface area contributed by atoms with Crippen molar-refractivity contribution in [1.82, 2.24) is 15.2 Å². The number of benzene rings is 1. The molecule has 1 aromatic carbocycles. The first-order valence-corrected chi connectivity index (χ1v) is 7.91. The van der Waals surface area contributed by atoms with Crippen molar-refractivity contribution in [3.05, 3.63) is 47.9 Å². The normalized spacial score (nSPS) is 10.8. The highest BCUT2D eigenvalue weighted by Crippen LogP contribution is 2.26. The maximum Gasteiger partial charge on any atom is 0.234 e. The van der Waals surface area contributed by atoms with Gasteiger partial charge in [-0.1, -0.05) is 18.2 Å². The Bertz CT molecular complexity index is 803. The largest absolute Gasteiger partial charge is 0.322 e. The molecule has 3 aromatic rings. The van der Waals surface area contributed by atoms with Crippen LogP contribution in [0, 0.1) is 13.8 Å². The van der Waals surface area contributed by atoms with E-state index < -0.39 is 0 Å². The summed E-state index contributed by atoms with van der Waals surface area (Å²) in [4.78, 5) is 17.5. The fraction of sp³-hybridized carbons (Fsp3) is 0.188. The van der Waals surface area contributed by atoms with Gasteiger partial charge in [0.05, 0.1) is 28.3 Å². The van der Waals surface area contributed by atoms with Crippen LogP contribution < -0.4 is 5.32 Å². The van der Waals surface area contributed by atoms with Crippen molar-refractivity contribution in [2.45, 2.75) is 18.7 Å². The molecule has 112 valence electrons. The lowest BCUT2D eigenvalue weighted by Gasteiger charge is -2.07. The third kappa shape index (κ3) is 2.96. The Morgan fingerprint density at radius 2 is 2.09 bits per heavy atom. The Kier molecular flexibility index (Phi) is 4.11. The van der Waals surface area contributed by atoms with E-state index in [1.165, 1.54) is 11.8 Å². The number of amides is 1. The number of aryl methyl sites for hydroxylation is 2. The Morgan fingerprint density at radius 1 is 1.27 bits per heavy atom. The van der Waals surface area contributed by atoms with Gasteiger partial charge in [0.15, 0.2) is 0 Å². The average Bonchev–Trinajstić information content (AvgIpc) is 2.85. The highest BCUT2D eigenvalue weighted by atomic mass is 32.2. The van der Waals surface area contributed by atoms with E-state index >= 15 is 0 Å². The Balaban J connectivity index is 1.70. The Hall–Kier alpha value is -2.34. The van der Waals surface area contributed by atoms with Crippen LogP contribution in [0.3, 0.4) is 0 Å². The average molecular weight is 312 g/mol. The number of H-pyrrole nitrogens is 1. The molecule has 2 aromatic heterocycles. The van der Waals surface area contributed by atoms with Crippen molar-refractivity contribution < 1.29 is 4.79 Å². The molecule has 0 saturated carbocycles. The van der Waals surface area contributed by atoms with Gasteiger partial charge in [0.1, 0.15) is 0 Å². The molecule has 2 N–H and O–H groups in total. The number of para-hydroxylation sites is 1. The van der Waals surface area contributed by atoms with Gasteiger partial charge in [0.25, 0.3) is 0 Å². The lowest BCUT2D eigenvalue weighted by atomic mass is 10.2. The van der Waals surface area contributed by atoms with E-state index in [9.17, 15) is 4.79 Å². The number of rotatable bonds is 4. The summed E-state index contributed by atoms with van der Waals surface area (Å²) >= 11 is 1.51. The molecule has 0 aliphatic carbocycles. The van der Waals surface area contributed by atoms with Crippen LogP contribution in [0.5, 0.6) is 0 Å². The summed E-state index contributed by atoms with van der Waals surface area (Å²) in [5, 5.41) is 10.9. The second kappa shape index (κ2) is 6.19. The molecular weight excluding hydrogens is 296 g/mol. The second-order valence-electron chi connectivity index (χ2n) is 4.97. The third-order valence-electron chi connectivity index (χ3n) is 3.36. The number of carbonyl (C=O) groups is 1. The van der Waals surface area contributed by atoms with Crippen molar-refractivity contribution in [2.75, 3.05) is 11.1 Å². The maximum atomic E-state index is 12.1. The van der Waals surface area contributed by atoms with E-state index in [1.807, 2.05) is 44.2 Å². The molecule has 0 saturated heterocycles. The molecule has 3 rings (SSSR count). The van der Waals surface area contributed by atoms with Crippen LogP contribution in [0.25, 0.3) is 10.9 Å². The number of aromatic nitrogens is 3. The minimum atomic E-state index is -0.0431. The molecule has 0 unspecified atom stereocenters. The second-order valence-corrected chi connectivity index (χ2v) is 5.99. The number of aromatic amines is 1. The van der Waals surface area contributed by atoms with Crippen LogP contribution in [0.2, 0.25) is 0 Å². The number of hydrogen-bond donors (Lipinski definition) is 2. The third-order valence-corrected chi connectivity index (χ3v) is 4.43. The minimum Gasteiger partial charge on any atom is -0.322 e. The fourth-order valence-corrected chi connectivity index (χ4v) is 3.09. The fourth-order valence-electron chi connectivity index (χ4n) is 2.25. The molecule has 0 aliphatic heterocycles. The summed E-state index contributed by atoms with van der Waals surface area (Å²) < 4.78 is 0. The quantitative estimate of drug-likeness (QED) is 0.725. The van der Waals surface area contributed by atoms with E-state index in [4.69, 9.17) is 0 Å². The zero-order valence-electron chi connectivity index (χ0n) is 12.4. The van der Waals surface area contributed by atoms with Gasteiger partial charge in [-0.25, -0.2) is 0 Å². The first-order valence-electron chi connectivity index (χ1n) is 6.93. The maximum absolute atomic E-state index is 12.1. The molecule has 6 heteroatoms. The summed E-state index contributed by atoms with van der Waals surface area (Å²) in [5.74, 6) is 0.302. The van der Waals surface area contributed by atoms with E-state index in [0.29, 0.717) is 5.75 Å². The molecule has 2 heterocycles. The summed E-state index contributed by atoms with van der Waals surface area (Å²) in [5.41, 5.74) is 3.37. The predicted octanol–water partition coefficient (Wildman–Crippen LogP) is 3.31. The summed E-state index contributed by atoms with van der Waals surface area (Å²) in [6, 6.07) is 9.87. The van der Waals surface area contributed by atoms with Crippen LogP contribution >= 0.6 is 11.8 Å². The molecule has 0 aliphatic rings. The smallest absolute Gasteiger partial charge is 0.234 e. The first kappa shape index (κ1) is 14.6. The number of carbonyl (C=O) groups excluding carboxylic acids is 1. The lowest BCUT2D eigenvalue weighted by Crippen LogP contribution is -2.15. The predicted molar refractivity (Wildman–Crippen MR) is 89.2 cm³/mol. The van der Waals surface area contributed by atoms with Gasteiger partial charge in [0.2, 0.25) is 5.91 Å². The Labute approximate surface area is 132 Å². The van der Waals surface area contributed by atoms with Crippen LogP contribution in [0.15, 0.2) is 41.4 Å². The molecule has 0 fully saturated rings. The van der Waals surface area contributed by atoms with E-state index in [1.54, 1.807) is 6.20 Å². The van der Waals surface area contributed by atoms with Gasteiger partial charge < -0.3 is 5.32 Å². The number of thioether (sulfide) groups is 1. The van der Waals surface area contributed by atoms with Crippen LogP contribution in [0.4, 0.5) is 5.69 Å². The number of pyridine rings is 1. The molecule has 0 atom stereocenters. The summed E-state index contributed by atoms with van der Waals surface area (Å²) in [7, 11) is 0. The van der Waals surface area contributed by atoms with Gasteiger partial charge >= 0.3 is 0 Å². The number of nitrogens with zero attached hydrogens (tertiary/aromatic N) is 2. The van der Waals surface area contributed by atoms with Crippen LogP contribution in [0.1, 0.15) is 11.4 Å². The minimum absolute atomic E-state index is 0.0431. The topological polar surface area (TPSA) is 70.7 Å². The van der Waals surface area contributed by atoms with Gasteiger partial charge in [-0.3, -0.25) is 14.9 Å². The SMILES string of the molecule is Cc1n[nH]c(C)c1NC(=O)CSc1ccnc2ccccc12. The molecule has 0 spiro atoms. The van der Waals surface area contributed by atoms with Crippen LogP contribution in [-0.2, 0) is 4.79 Å². The van der Waals surface area contributed by atoms with E-state index in [0.717, 1.165) is 32.9 Å². The highest BCUT2D eigenvalue weighted by Gasteiger charge is 2.11. The standard InChI is InChI=1S/C16H16N4OS/c1-10-16(11(2)20-19-10)18-15(21)9-22-14-7-8-17-13-6-4-3-5-12(13)14/h3-8H,9H2,1-2H3,(H,18,21)(H,19,20). The summed E-state index contributed by atoms with van der Waals surface area (Å²) in [6.45, 7) is 3.75. The van der Waals surface area contributed by atoms with Gasteiger partial charge in [-0.05, 0) is 26.0 Å². The van der Waals surface area contributed by atoms with Gasteiger partial charge in [-0.15, -0.1) is 11.8 Å². The highest BCUT2D eigenvalue weighted by molar-refractivity contribution is 8.00. The van der Waals surface area contributed by atoms with Gasteiger partial charge in [0, 0.05) is 16.5 Å². The monoisotopic (exact) mass is 312 g/mol. The molecule has 22 heavy (non-hydrogen) atoms. The molecule has 0 bridgehead atoms. The molecule has 1 amide bonds. The number of nitrogens with one attached hydrogen (secondary N) is 2. The van der Waals surface area contributed by atoms with E-state index in [-0.39, 0.29) is 5.91 Å². The zero-order valence-corrected chi connectivity index (χ0v) is 13.2. The number of hydrogen-bond acceptors (Lipinski definition) is 4. The first-order chi connectivity index (χ1) is 10.6. The number of anilines is 1. The van der Waals surface area contributed by atoms with E-state index in [2.05, 4.69) is 20.5 Å².